The highest BCUT2D eigenvalue weighted by molar-refractivity contribution is 9.10. The molecule has 0 aromatic heterocycles. The first-order valence-electron chi connectivity index (χ1n) is 3.58. The molecule has 6 heteroatoms. The first kappa shape index (κ1) is 11.8. The van der Waals surface area contributed by atoms with Crippen LogP contribution in [0.4, 0.5) is 10.1 Å². The van der Waals surface area contributed by atoms with Crippen molar-refractivity contribution in [3.8, 4) is 0 Å². The van der Waals surface area contributed by atoms with Crippen LogP contribution in [-0.2, 0) is 0 Å². The zero-order chi connectivity index (χ0) is 10.7. The number of benzene rings is 1. The lowest BCUT2D eigenvalue weighted by Crippen LogP contribution is -2.12. The van der Waals surface area contributed by atoms with Crippen molar-refractivity contribution in [1.82, 2.24) is 0 Å². The SMILES string of the molecule is NC(CCl)=Nc1cc(F)cc(Br)c1Cl. The number of alkyl halides is 1. The van der Waals surface area contributed by atoms with Crippen molar-refractivity contribution < 1.29 is 4.39 Å². The molecule has 76 valence electrons. The molecule has 0 heterocycles. The summed E-state index contributed by atoms with van der Waals surface area (Å²) in [5.41, 5.74) is 5.66. The maximum absolute atomic E-state index is 12.9. The van der Waals surface area contributed by atoms with Crippen LogP contribution in [0.1, 0.15) is 0 Å². The molecule has 0 aliphatic carbocycles. The van der Waals surface area contributed by atoms with E-state index < -0.39 is 5.82 Å². The number of aliphatic imine (C=N–C) groups is 1. The summed E-state index contributed by atoms with van der Waals surface area (Å²) in [5.74, 6) is -0.182. The molecule has 14 heavy (non-hydrogen) atoms. The largest absolute Gasteiger partial charge is 0.386 e. The van der Waals surface area contributed by atoms with Crippen LogP contribution in [0.5, 0.6) is 0 Å². The fraction of sp³-hybridized carbons (Fsp3) is 0.125. The highest BCUT2D eigenvalue weighted by Gasteiger charge is 2.06. The summed E-state index contributed by atoms with van der Waals surface area (Å²) in [5, 5.41) is 0.305. The normalized spacial score (nSPS) is 11.9. The zero-order valence-electron chi connectivity index (χ0n) is 6.90. The van der Waals surface area contributed by atoms with Crippen molar-refractivity contribution in [1.29, 1.82) is 0 Å². The smallest absolute Gasteiger partial charge is 0.126 e. The molecule has 1 aromatic carbocycles. The standard InChI is InChI=1S/C8H6BrCl2FN2/c9-5-1-4(12)2-6(8(5)11)14-7(13)3-10/h1-2H,3H2,(H2,13,14). The molecule has 1 aromatic rings. The van der Waals surface area contributed by atoms with Crippen LogP contribution in [0.3, 0.4) is 0 Å². The molecule has 0 saturated carbocycles. The summed E-state index contributed by atoms with van der Waals surface area (Å²) in [6.45, 7) is 0. The summed E-state index contributed by atoms with van der Waals surface area (Å²) in [7, 11) is 0. The van der Waals surface area contributed by atoms with Crippen molar-refractivity contribution in [2.75, 3.05) is 5.88 Å². The van der Waals surface area contributed by atoms with Gasteiger partial charge in [-0.3, -0.25) is 0 Å². The fourth-order valence-corrected chi connectivity index (χ4v) is 1.44. The van der Waals surface area contributed by atoms with Gasteiger partial charge in [-0.2, -0.15) is 0 Å². The van der Waals surface area contributed by atoms with E-state index >= 15 is 0 Å². The van der Waals surface area contributed by atoms with Crippen LogP contribution >= 0.6 is 39.1 Å². The molecular formula is C8H6BrCl2FN2. The molecule has 1 rings (SSSR count). The highest BCUT2D eigenvalue weighted by atomic mass is 79.9. The van der Waals surface area contributed by atoms with Gasteiger partial charge in [0.1, 0.15) is 11.7 Å². The van der Waals surface area contributed by atoms with E-state index in [0.29, 0.717) is 9.50 Å². The summed E-state index contributed by atoms with van der Waals surface area (Å²) in [6.07, 6.45) is 0. The monoisotopic (exact) mass is 298 g/mol. The lowest BCUT2D eigenvalue weighted by molar-refractivity contribution is 0.627. The second-order valence-corrected chi connectivity index (χ2v) is 3.96. The summed E-state index contributed by atoms with van der Waals surface area (Å²) >= 11 is 14.4. The number of nitrogens with two attached hydrogens (primary N) is 1. The maximum Gasteiger partial charge on any atom is 0.126 e. The van der Waals surface area contributed by atoms with Crippen LogP contribution in [0.25, 0.3) is 0 Å². The minimum atomic E-state index is -0.442. The first-order valence-corrected chi connectivity index (χ1v) is 5.28. The van der Waals surface area contributed by atoms with Crippen LogP contribution in [0, 0.1) is 5.82 Å². The predicted molar refractivity (Wildman–Crippen MR) is 61.1 cm³/mol. The van der Waals surface area contributed by atoms with E-state index in [1.54, 1.807) is 0 Å². The average Bonchev–Trinajstić information content (AvgIpc) is 2.13. The highest BCUT2D eigenvalue weighted by Crippen LogP contribution is 2.33. The first-order chi connectivity index (χ1) is 6.54. The lowest BCUT2D eigenvalue weighted by Gasteiger charge is -2.02. The molecule has 0 fully saturated rings. The molecule has 2 nitrogen and oxygen atoms in total. The quantitative estimate of drug-likeness (QED) is 0.386. The summed E-state index contributed by atoms with van der Waals surface area (Å²) < 4.78 is 13.4. The summed E-state index contributed by atoms with van der Waals surface area (Å²) in [4.78, 5) is 3.86. The van der Waals surface area contributed by atoms with Gasteiger partial charge in [0, 0.05) is 10.5 Å². The minimum absolute atomic E-state index is 0.0739. The average molecular weight is 300 g/mol. The Morgan fingerprint density at radius 2 is 2.21 bits per heavy atom. The van der Waals surface area contributed by atoms with Gasteiger partial charge in [0.15, 0.2) is 0 Å². The molecule has 0 spiro atoms. The molecule has 0 bridgehead atoms. The number of amidine groups is 1. The van der Waals surface area contributed by atoms with Gasteiger partial charge >= 0.3 is 0 Å². The van der Waals surface area contributed by atoms with Crippen LogP contribution in [0.2, 0.25) is 5.02 Å². The van der Waals surface area contributed by atoms with E-state index in [-0.39, 0.29) is 17.4 Å². The topological polar surface area (TPSA) is 38.4 Å². The van der Waals surface area contributed by atoms with Crippen LogP contribution < -0.4 is 5.73 Å². The van der Waals surface area contributed by atoms with E-state index in [9.17, 15) is 4.39 Å². The summed E-state index contributed by atoms with van der Waals surface area (Å²) in [6, 6.07) is 2.44. The second-order valence-electron chi connectivity index (χ2n) is 2.46. The molecule has 0 amide bonds. The van der Waals surface area contributed by atoms with Gasteiger partial charge in [-0.25, -0.2) is 9.38 Å². The van der Waals surface area contributed by atoms with Gasteiger partial charge in [-0.05, 0) is 22.0 Å². The van der Waals surface area contributed by atoms with Crippen molar-refractivity contribution in [3.63, 3.8) is 0 Å². The Morgan fingerprint density at radius 3 is 2.79 bits per heavy atom. The molecule has 0 unspecified atom stereocenters. The van der Waals surface area contributed by atoms with Crippen molar-refractivity contribution in [2.45, 2.75) is 0 Å². The third kappa shape index (κ3) is 2.83. The fourth-order valence-electron chi connectivity index (χ4n) is 0.808. The molecule has 2 N–H and O–H groups in total. The Hall–Kier alpha value is -0.320. The zero-order valence-corrected chi connectivity index (χ0v) is 10.00. The molecule has 0 atom stereocenters. The number of hydrogen-bond donors (Lipinski definition) is 1. The van der Waals surface area contributed by atoms with Crippen molar-refractivity contribution in [3.05, 3.63) is 27.4 Å². The third-order valence-corrected chi connectivity index (χ3v) is 2.90. The van der Waals surface area contributed by atoms with Crippen LogP contribution in [-0.4, -0.2) is 11.7 Å². The van der Waals surface area contributed by atoms with E-state index in [1.165, 1.54) is 12.1 Å². The Kier molecular flexibility index (Phi) is 4.16. The minimum Gasteiger partial charge on any atom is -0.386 e. The van der Waals surface area contributed by atoms with Gasteiger partial charge in [0.05, 0.1) is 16.6 Å². The number of halogens is 4. The molecule has 0 radical (unpaired) electrons. The molecular weight excluding hydrogens is 294 g/mol. The predicted octanol–water partition coefficient (Wildman–Crippen LogP) is 3.47. The van der Waals surface area contributed by atoms with Gasteiger partial charge in [-0.1, -0.05) is 11.6 Å². The molecule has 0 aliphatic rings. The Labute approximate surface area is 99.0 Å². The number of hydrogen-bond acceptors (Lipinski definition) is 1. The molecule has 0 aliphatic heterocycles. The van der Waals surface area contributed by atoms with Crippen molar-refractivity contribution >= 4 is 50.7 Å². The van der Waals surface area contributed by atoms with Gasteiger partial charge < -0.3 is 5.73 Å². The van der Waals surface area contributed by atoms with Gasteiger partial charge in [0.25, 0.3) is 0 Å². The van der Waals surface area contributed by atoms with Crippen molar-refractivity contribution in [2.24, 2.45) is 10.7 Å². The van der Waals surface area contributed by atoms with Gasteiger partial charge in [0.2, 0.25) is 0 Å². The van der Waals surface area contributed by atoms with E-state index in [0.717, 1.165) is 0 Å². The number of nitrogens with zero attached hydrogens (tertiary/aromatic N) is 1. The number of rotatable bonds is 2. The van der Waals surface area contributed by atoms with E-state index in [1.807, 2.05) is 0 Å². The van der Waals surface area contributed by atoms with E-state index in [2.05, 4.69) is 20.9 Å². The lowest BCUT2D eigenvalue weighted by atomic mass is 10.3. The third-order valence-electron chi connectivity index (χ3n) is 1.37. The van der Waals surface area contributed by atoms with Crippen LogP contribution in [0.15, 0.2) is 21.6 Å². The Balaban J connectivity index is 3.21. The van der Waals surface area contributed by atoms with E-state index in [4.69, 9.17) is 28.9 Å². The Bertz CT molecular complexity index is 382. The second kappa shape index (κ2) is 4.96. The van der Waals surface area contributed by atoms with Gasteiger partial charge in [-0.15, -0.1) is 11.6 Å². The maximum atomic E-state index is 12.9. The molecule has 0 saturated heterocycles. The Morgan fingerprint density at radius 1 is 1.57 bits per heavy atom.